The minimum Gasteiger partial charge on any atom is -0.497 e. The molecule has 3 N–H and O–H groups in total. The first-order valence-corrected chi connectivity index (χ1v) is 6.85. The number of ether oxygens (including phenoxy) is 2. The van der Waals surface area contributed by atoms with Gasteiger partial charge in [-0.05, 0) is 17.5 Å². The van der Waals surface area contributed by atoms with E-state index in [4.69, 9.17) is 15.2 Å². The van der Waals surface area contributed by atoms with Gasteiger partial charge >= 0.3 is 0 Å². The van der Waals surface area contributed by atoms with Crippen LogP contribution in [0.15, 0.2) is 29.6 Å². The second kappa shape index (κ2) is 6.29. The fraction of sp³-hybridized carbons (Fsp3) is 0.214. The molecule has 6 heteroatoms. The van der Waals surface area contributed by atoms with E-state index in [1.54, 1.807) is 23.5 Å². The molecule has 0 atom stereocenters. The van der Waals surface area contributed by atoms with E-state index in [2.05, 4.69) is 5.32 Å². The highest BCUT2D eigenvalue weighted by Gasteiger charge is 2.15. The average molecular weight is 292 g/mol. The molecule has 0 saturated heterocycles. The molecular formula is C14H16N2O3S. The lowest BCUT2D eigenvalue weighted by Gasteiger charge is -2.12. The summed E-state index contributed by atoms with van der Waals surface area (Å²) in [6.07, 6.45) is 0. The van der Waals surface area contributed by atoms with Gasteiger partial charge in [0.05, 0.1) is 32.0 Å². The first-order chi connectivity index (χ1) is 9.65. The van der Waals surface area contributed by atoms with Crippen LogP contribution in [-0.2, 0) is 6.54 Å². The van der Waals surface area contributed by atoms with Crippen LogP contribution in [0.25, 0.3) is 0 Å². The van der Waals surface area contributed by atoms with E-state index in [1.165, 1.54) is 14.2 Å². The molecule has 5 nitrogen and oxygen atoms in total. The minimum absolute atomic E-state index is 0.256. The van der Waals surface area contributed by atoms with Gasteiger partial charge in [-0.2, -0.15) is 0 Å². The topological polar surface area (TPSA) is 73.6 Å². The summed E-state index contributed by atoms with van der Waals surface area (Å²) in [5.41, 5.74) is 6.58. The van der Waals surface area contributed by atoms with E-state index >= 15 is 0 Å². The highest BCUT2D eigenvalue weighted by atomic mass is 32.1. The Morgan fingerprint density at radius 1 is 1.35 bits per heavy atom. The van der Waals surface area contributed by atoms with Crippen molar-refractivity contribution in [3.63, 3.8) is 0 Å². The molecule has 0 aliphatic heterocycles. The smallest absolute Gasteiger partial charge is 0.253 e. The van der Waals surface area contributed by atoms with Crippen molar-refractivity contribution in [1.29, 1.82) is 0 Å². The number of hydrogen-bond donors (Lipinski definition) is 2. The zero-order valence-corrected chi connectivity index (χ0v) is 12.1. The van der Waals surface area contributed by atoms with Crippen molar-refractivity contribution < 1.29 is 14.3 Å². The molecule has 0 unspecified atom stereocenters. The Bertz CT molecular complexity index is 597. The second-order valence-corrected chi connectivity index (χ2v) is 5.09. The van der Waals surface area contributed by atoms with E-state index in [0.717, 1.165) is 4.88 Å². The van der Waals surface area contributed by atoms with Crippen LogP contribution in [0.1, 0.15) is 15.2 Å². The molecule has 1 amide bonds. The summed E-state index contributed by atoms with van der Waals surface area (Å²) in [6, 6.07) is 7.14. The third kappa shape index (κ3) is 3.03. The first-order valence-electron chi connectivity index (χ1n) is 5.97. The van der Waals surface area contributed by atoms with Gasteiger partial charge in [0.15, 0.2) is 0 Å². The van der Waals surface area contributed by atoms with Gasteiger partial charge in [0.2, 0.25) is 0 Å². The van der Waals surface area contributed by atoms with Gasteiger partial charge in [-0.25, -0.2) is 0 Å². The Kier molecular flexibility index (Phi) is 4.47. The molecule has 1 heterocycles. The largest absolute Gasteiger partial charge is 0.497 e. The lowest BCUT2D eigenvalue weighted by molar-refractivity contribution is 0.0951. The molecule has 0 fully saturated rings. The van der Waals surface area contributed by atoms with Crippen LogP contribution in [-0.4, -0.2) is 20.1 Å². The van der Waals surface area contributed by atoms with E-state index in [9.17, 15) is 4.79 Å². The predicted octanol–water partition coefficient (Wildman–Crippen LogP) is 2.28. The number of amides is 1. The monoisotopic (exact) mass is 292 g/mol. The van der Waals surface area contributed by atoms with Crippen LogP contribution in [0.2, 0.25) is 0 Å². The maximum Gasteiger partial charge on any atom is 0.253 e. The van der Waals surface area contributed by atoms with Crippen LogP contribution < -0.4 is 20.5 Å². The van der Waals surface area contributed by atoms with Crippen molar-refractivity contribution in [3.8, 4) is 11.5 Å². The Morgan fingerprint density at radius 3 is 2.75 bits per heavy atom. The van der Waals surface area contributed by atoms with Gasteiger partial charge in [-0.1, -0.05) is 6.07 Å². The SMILES string of the molecule is COc1cc(OC)c(N)c(C(=O)NCc2cccs2)c1. The molecule has 0 bridgehead atoms. The maximum atomic E-state index is 12.2. The predicted molar refractivity (Wildman–Crippen MR) is 79.4 cm³/mol. The third-order valence-corrected chi connectivity index (χ3v) is 3.70. The fourth-order valence-corrected chi connectivity index (χ4v) is 2.40. The van der Waals surface area contributed by atoms with E-state index < -0.39 is 0 Å². The molecule has 0 aliphatic carbocycles. The lowest BCUT2D eigenvalue weighted by atomic mass is 10.1. The molecular weight excluding hydrogens is 276 g/mol. The van der Waals surface area contributed by atoms with Crippen molar-refractivity contribution >= 4 is 22.9 Å². The maximum absolute atomic E-state index is 12.2. The van der Waals surface area contributed by atoms with Crippen LogP contribution in [0, 0.1) is 0 Å². The summed E-state index contributed by atoms with van der Waals surface area (Å²) >= 11 is 1.58. The van der Waals surface area contributed by atoms with Gasteiger partial charge in [0, 0.05) is 10.9 Å². The van der Waals surface area contributed by atoms with Gasteiger partial charge in [-0.3, -0.25) is 4.79 Å². The van der Waals surface area contributed by atoms with Crippen LogP contribution in [0.3, 0.4) is 0 Å². The third-order valence-electron chi connectivity index (χ3n) is 2.82. The molecule has 106 valence electrons. The number of carbonyl (C=O) groups is 1. The molecule has 20 heavy (non-hydrogen) atoms. The number of rotatable bonds is 5. The number of hydrogen-bond acceptors (Lipinski definition) is 5. The quantitative estimate of drug-likeness (QED) is 0.829. The van der Waals surface area contributed by atoms with Gasteiger partial charge in [0.1, 0.15) is 11.5 Å². The van der Waals surface area contributed by atoms with Crippen molar-refractivity contribution in [3.05, 3.63) is 40.1 Å². The molecule has 0 aliphatic rings. The van der Waals surface area contributed by atoms with E-state index in [1.807, 2.05) is 17.5 Å². The number of carbonyl (C=O) groups excluding carboxylic acids is 1. The van der Waals surface area contributed by atoms with Crippen molar-refractivity contribution in [1.82, 2.24) is 5.32 Å². The molecule has 0 spiro atoms. The van der Waals surface area contributed by atoms with Crippen molar-refractivity contribution in [2.75, 3.05) is 20.0 Å². The van der Waals surface area contributed by atoms with Crippen molar-refractivity contribution in [2.24, 2.45) is 0 Å². The normalized spacial score (nSPS) is 10.1. The average Bonchev–Trinajstić information content (AvgIpc) is 2.98. The highest BCUT2D eigenvalue weighted by molar-refractivity contribution is 7.09. The van der Waals surface area contributed by atoms with Gasteiger partial charge in [0.25, 0.3) is 5.91 Å². The molecule has 1 aromatic carbocycles. The Hall–Kier alpha value is -2.21. The molecule has 2 aromatic rings. The fourth-order valence-electron chi connectivity index (χ4n) is 1.75. The van der Waals surface area contributed by atoms with Crippen LogP contribution in [0.4, 0.5) is 5.69 Å². The Balaban J connectivity index is 2.20. The van der Waals surface area contributed by atoms with Crippen molar-refractivity contribution in [2.45, 2.75) is 6.54 Å². The molecule has 1 aromatic heterocycles. The zero-order valence-electron chi connectivity index (χ0n) is 11.3. The molecule has 0 saturated carbocycles. The minimum atomic E-state index is -0.256. The Labute approximate surface area is 121 Å². The summed E-state index contributed by atoms with van der Waals surface area (Å²) in [5, 5.41) is 4.79. The highest BCUT2D eigenvalue weighted by Crippen LogP contribution is 2.31. The first kappa shape index (κ1) is 14.2. The Morgan fingerprint density at radius 2 is 2.15 bits per heavy atom. The summed E-state index contributed by atoms with van der Waals surface area (Å²) < 4.78 is 10.3. The zero-order chi connectivity index (χ0) is 14.5. The second-order valence-electron chi connectivity index (χ2n) is 4.05. The number of nitrogens with two attached hydrogens (primary N) is 1. The molecule has 0 radical (unpaired) electrons. The van der Waals surface area contributed by atoms with Crippen LogP contribution >= 0.6 is 11.3 Å². The summed E-state index contributed by atoms with van der Waals surface area (Å²) in [7, 11) is 3.02. The number of methoxy groups -OCH3 is 2. The summed E-state index contributed by atoms with van der Waals surface area (Å²) in [6.45, 7) is 0.468. The number of anilines is 1. The van der Waals surface area contributed by atoms with Gasteiger partial charge < -0.3 is 20.5 Å². The summed E-state index contributed by atoms with van der Waals surface area (Å²) in [5.74, 6) is 0.691. The summed E-state index contributed by atoms with van der Waals surface area (Å²) in [4.78, 5) is 13.3. The molecule has 2 rings (SSSR count). The van der Waals surface area contributed by atoms with Gasteiger partial charge in [-0.15, -0.1) is 11.3 Å². The number of nitrogens with one attached hydrogen (secondary N) is 1. The number of nitrogen functional groups attached to an aromatic ring is 1. The van der Waals surface area contributed by atoms with Crippen LogP contribution in [0.5, 0.6) is 11.5 Å². The lowest BCUT2D eigenvalue weighted by Crippen LogP contribution is -2.23. The number of benzene rings is 1. The standard InChI is InChI=1S/C14H16N2O3S/c1-18-9-6-11(13(15)12(7-9)19-2)14(17)16-8-10-4-3-5-20-10/h3-7H,8,15H2,1-2H3,(H,16,17). The van der Waals surface area contributed by atoms with E-state index in [-0.39, 0.29) is 5.91 Å². The number of thiophene rings is 1. The van der Waals surface area contributed by atoms with E-state index in [0.29, 0.717) is 29.3 Å².